The summed E-state index contributed by atoms with van der Waals surface area (Å²) < 4.78 is 0. The first kappa shape index (κ1) is 12.7. The fourth-order valence-corrected chi connectivity index (χ4v) is 3.23. The smallest absolute Gasteiger partial charge is 0.139 e. The molecular weight excluding hydrogens is 184 g/mol. The molecule has 1 heteroatoms. The fraction of sp³-hybridized carbons (Fsp3) is 0.929. The van der Waals surface area contributed by atoms with Crippen molar-refractivity contribution >= 4 is 5.78 Å². The van der Waals surface area contributed by atoms with Gasteiger partial charge in [-0.1, -0.05) is 34.1 Å². The monoisotopic (exact) mass is 210 g/mol. The lowest BCUT2D eigenvalue weighted by atomic mass is 9.65. The summed E-state index contributed by atoms with van der Waals surface area (Å²) in [7, 11) is 0. The van der Waals surface area contributed by atoms with E-state index in [-0.39, 0.29) is 5.41 Å². The van der Waals surface area contributed by atoms with Crippen molar-refractivity contribution in [2.45, 2.75) is 66.2 Å². The predicted octanol–water partition coefficient (Wildman–Crippen LogP) is 4.21. The van der Waals surface area contributed by atoms with Crippen molar-refractivity contribution in [3.8, 4) is 0 Å². The van der Waals surface area contributed by atoms with Gasteiger partial charge in [-0.25, -0.2) is 0 Å². The molecule has 0 heterocycles. The lowest BCUT2D eigenvalue weighted by Crippen LogP contribution is -2.36. The van der Waals surface area contributed by atoms with E-state index in [2.05, 4.69) is 27.7 Å². The SMILES string of the molecule is CC(C)CC1(CC(C)C)CCCCC1=O. The third kappa shape index (κ3) is 3.32. The van der Waals surface area contributed by atoms with Gasteiger partial charge < -0.3 is 0 Å². The molecule has 88 valence electrons. The van der Waals surface area contributed by atoms with Crippen molar-refractivity contribution in [3.05, 3.63) is 0 Å². The highest BCUT2D eigenvalue weighted by atomic mass is 16.1. The molecule has 1 aliphatic carbocycles. The van der Waals surface area contributed by atoms with Crippen molar-refractivity contribution in [1.82, 2.24) is 0 Å². The second-order valence-electron chi connectivity index (χ2n) is 6.11. The molecule has 1 fully saturated rings. The summed E-state index contributed by atoms with van der Waals surface area (Å²) in [5, 5.41) is 0. The highest BCUT2D eigenvalue weighted by molar-refractivity contribution is 5.85. The van der Waals surface area contributed by atoms with Crippen LogP contribution in [0.15, 0.2) is 0 Å². The van der Waals surface area contributed by atoms with E-state index in [1.54, 1.807) is 0 Å². The second-order valence-corrected chi connectivity index (χ2v) is 6.11. The lowest BCUT2D eigenvalue weighted by Gasteiger charge is -2.38. The van der Waals surface area contributed by atoms with E-state index in [0.717, 1.165) is 32.1 Å². The fourth-order valence-electron chi connectivity index (χ4n) is 3.23. The average molecular weight is 210 g/mol. The van der Waals surface area contributed by atoms with Gasteiger partial charge in [-0.3, -0.25) is 4.79 Å². The summed E-state index contributed by atoms with van der Waals surface area (Å²) >= 11 is 0. The molecule has 0 spiro atoms. The van der Waals surface area contributed by atoms with Crippen LogP contribution in [0.5, 0.6) is 0 Å². The summed E-state index contributed by atoms with van der Waals surface area (Å²) in [6.07, 6.45) is 6.55. The van der Waals surface area contributed by atoms with E-state index in [4.69, 9.17) is 0 Å². The number of hydrogen-bond donors (Lipinski definition) is 0. The van der Waals surface area contributed by atoms with Crippen molar-refractivity contribution in [3.63, 3.8) is 0 Å². The van der Waals surface area contributed by atoms with Crippen LogP contribution in [0.1, 0.15) is 66.2 Å². The van der Waals surface area contributed by atoms with Crippen LogP contribution < -0.4 is 0 Å². The zero-order chi connectivity index (χ0) is 11.5. The number of Topliss-reactive ketones (excluding diaryl/α,β-unsaturated/α-hetero) is 1. The van der Waals surface area contributed by atoms with Crippen LogP contribution in [0.4, 0.5) is 0 Å². The molecule has 1 rings (SSSR count). The van der Waals surface area contributed by atoms with Gasteiger partial charge in [-0.15, -0.1) is 0 Å². The minimum absolute atomic E-state index is 0.0422. The molecule has 0 amide bonds. The highest BCUT2D eigenvalue weighted by Gasteiger charge is 2.40. The Kier molecular flexibility index (Phi) is 4.36. The Morgan fingerprint density at radius 2 is 1.60 bits per heavy atom. The Hall–Kier alpha value is -0.330. The van der Waals surface area contributed by atoms with Crippen molar-refractivity contribution in [1.29, 1.82) is 0 Å². The molecule has 0 bridgehead atoms. The van der Waals surface area contributed by atoms with Gasteiger partial charge in [0.2, 0.25) is 0 Å². The van der Waals surface area contributed by atoms with Gasteiger partial charge in [0.15, 0.2) is 0 Å². The second kappa shape index (κ2) is 5.14. The standard InChI is InChI=1S/C14H26O/c1-11(2)9-14(10-12(3)4)8-6-5-7-13(14)15/h11-12H,5-10H2,1-4H3. The van der Waals surface area contributed by atoms with Gasteiger partial charge in [0.05, 0.1) is 0 Å². The van der Waals surface area contributed by atoms with Crippen LogP contribution in [0.3, 0.4) is 0 Å². The number of hydrogen-bond acceptors (Lipinski definition) is 1. The third-order valence-electron chi connectivity index (χ3n) is 3.50. The number of carbonyl (C=O) groups is 1. The number of ketones is 1. The molecule has 0 radical (unpaired) electrons. The number of carbonyl (C=O) groups excluding carboxylic acids is 1. The maximum atomic E-state index is 12.2. The van der Waals surface area contributed by atoms with Gasteiger partial charge >= 0.3 is 0 Å². The van der Waals surface area contributed by atoms with E-state index in [9.17, 15) is 4.79 Å². The van der Waals surface area contributed by atoms with Gasteiger partial charge in [-0.2, -0.15) is 0 Å². The Morgan fingerprint density at radius 3 is 2.00 bits per heavy atom. The quantitative estimate of drug-likeness (QED) is 0.679. The first-order valence-electron chi connectivity index (χ1n) is 6.49. The molecular formula is C14H26O. The Labute approximate surface area is 94.6 Å². The largest absolute Gasteiger partial charge is 0.299 e. The Bertz CT molecular complexity index is 205. The normalized spacial score (nSPS) is 21.3. The lowest BCUT2D eigenvalue weighted by molar-refractivity contribution is -0.133. The molecule has 0 unspecified atom stereocenters. The van der Waals surface area contributed by atoms with Crippen LogP contribution in [-0.4, -0.2) is 5.78 Å². The van der Waals surface area contributed by atoms with Crippen LogP contribution in [-0.2, 0) is 4.79 Å². The topological polar surface area (TPSA) is 17.1 Å². The summed E-state index contributed by atoms with van der Waals surface area (Å²) in [5.41, 5.74) is 0.0422. The van der Waals surface area contributed by atoms with Gasteiger partial charge in [0, 0.05) is 11.8 Å². The van der Waals surface area contributed by atoms with Gasteiger partial charge in [0.1, 0.15) is 5.78 Å². The molecule has 0 atom stereocenters. The maximum Gasteiger partial charge on any atom is 0.139 e. The molecule has 0 aliphatic heterocycles. The van der Waals surface area contributed by atoms with Crippen LogP contribution in [0.2, 0.25) is 0 Å². The van der Waals surface area contributed by atoms with Crippen molar-refractivity contribution < 1.29 is 4.79 Å². The first-order chi connectivity index (χ1) is 6.96. The predicted molar refractivity (Wildman–Crippen MR) is 64.8 cm³/mol. The molecule has 0 aromatic carbocycles. The number of rotatable bonds is 4. The van der Waals surface area contributed by atoms with E-state index in [1.165, 1.54) is 6.42 Å². The van der Waals surface area contributed by atoms with Gasteiger partial charge in [0.25, 0.3) is 0 Å². The van der Waals surface area contributed by atoms with Crippen molar-refractivity contribution in [2.75, 3.05) is 0 Å². The van der Waals surface area contributed by atoms with E-state index >= 15 is 0 Å². The van der Waals surface area contributed by atoms with Crippen LogP contribution in [0, 0.1) is 17.3 Å². The molecule has 0 saturated heterocycles. The maximum absolute atomic E-state index is 12.2. The molecule has 0 N–H and O–H groups in total. The molecule has 1 aliphatic rings. The zero-order valence-corrected chi connectivity index (χ0v) is 10.8. The molecule has 15 heavy (non-hydrogen) atoms. The third-order valence-corrected chi connectivity index (χ3v) is 3.50. The summed E-state index contributed by atoms with van der Waals surface area (Å²) in [6, 6.07) is 0. The van der Waals surface area contributed by atoms with E-state index in [0.29, 0.717) is 17.6 Å². The van der Waals surface area contributed by atoms with Crippen LogP contribution >= 0.6 is 0 Å². The molecule has 1 saturated carbocycles. The summed E-state index contributed by atoms with van der Waals surface area (Å²) in [6.45, 7) is 8.96. The average Bonchev–Trinajstić information content (AvgIpc) is 2.08. The molecule has 0 aromatic rings. The zero-order valence-electron chi connectivity index (χ0n) is 10.8. The molecule has 1 nitrogen and oxygen atoms in total. The Balaban J connectivity index is 2.77. The van der Waals surface area contributed by atoms with E-state index in [1.807, 2.05) is 0 Å². The van der Waals surface area contributed by atoms with Crippen molar-refractivity contribution in [2.24, 2.45) is 17.3 Å². The first-order valence-corrected chi connectivity index (χ1v) is 6.49. The van der Waals surface area contributed by atoms with E-state index < -0.39 is 0 Å². The minimum atomic E-state index is 0.0422. The highest BCUT2D eigenvalue weighted by Crippen LogP contribution is 2.43. The van der Waals surface area contributed by atoms with Gasteiger partial charge in [-0.05, 0) is 37.5 Å². The molecule has 0 aromatic heterocycles. The minimum Gasteiger partial charge on any atom is -0.299 e. The Morgan fingerprint density at radius 1 is 1.07 bits per heavy atom. The van der Waals surface area contributed by atoms with Crippen LogP contribution in [0.25, 0.3) is 0 Å². The summed E-state index contributed by atoms with van der Waals surface area (Å²) in [5.74, 6) is 1.84. The summed E-state index contributed by atoms with van der Waals surface area (Å²) in [4.78, 5) is 12.2.